The number of phenols is 1. The number of likely N-dealkylation sites (N-methyl/N-ethyl adjacent to an activating group) is 1. The van der Waals surface area contributed by atoms with Gasteiger partial charge in [0.1, 0.15) is 11.5 Å². The van der Waals surface area contributed by atoms with Crippen LogP contribution in [0.15, 0.2) is 30.3 Å². The summed E-state index contributed by atoms with van der Waals surface area (Å²) in [7, 11) is 4.70. The summed E-state index contributed by atoms with van der Waals surface area (Å²) >= 11 is 0. The van der Waals surface area contributed by atoms with Crippen LogP contribution in [0.4, 0.5) is 0 Å². The van der Waals surface area contributed by atoms with E-state index in [9.17, 15) is 34.2 Å². The Bertz CT molecular complexity index is 1590. The van der Waals surface area contributed by atoms with E-state index < -0.39 is 64.4 Å². The predicted octanol–water partition coefficient (Wildman–Crippen LogP) is 1.43. The third-order valence-electron chi connectivity index (χ3n) is 9.35. The number of nitrogens with one attached hydrogen (secondary N) is 1. The van der Waals surface area contributed by atoms with Crippen molar-refractivity contribution in [3.63, 3.8) is 0 Å². The van der Waals surface area contributed by atoms with Gasteiger partial charge in [0.25, 0.3) is 0 Å². The first-order valence-electron chi connectivity index (χ1n) is 14.6. The Labute approximate surface area is 255 Å². The number of benzene rings is 2. The highest BCUT2D eigenvalue weighted by molar-refractivity contribution is 6.32. The number of ketones is 4. The maximum atomic E-state index is 14.1. The van der Waals surface area contributed by atoms with Crippen molar-refractivity contribution in [2.24, 2.45) is 29.4 Å². The van der Waals surface area contributed by atoms with Gasteiger partial charge >= 0.3 is 0 Å². The Hall–Kier alpha value is -3.93. The zero-order valence-corrected chi connectivity index (χ0v) is 25.8. The molecule has 0 aliphatic heterocycles. The number of nitrogens with zero attached hydrogens (tertiary/aromatic N) is 1. The first kappa shape index (κ1) is 31.5. The summed E-state index contributed by atoms with van der Waals surface area (Å²) < 4.78 is 5.58. The van der Waals surface area contributed by atoms with Crippen LogP contribution in [-0.2, 0) is 32.1 Å². The second-order valence-corrected chi connectivity index (χ2v) is 13.4. The van der Waals surface area contributed by atoms with Crippen LogP contribution in [0.25, 0.3) is 11.1 Å². The number of aromatic hydroxyl groups is 1. The van der Waals surface area contributed by atoms with Crippen molar-refractivity contribution in [3.05, 3.63) is 47.0 Å². The quantitative estimate of drug-likeness (QED) is 0.352. The molecular formula is C33H39N3O8. The molecule has 0 heterocycles. The van der Waals surface area contributed by atoms with Crippen molar-refractivity contribution in [1.29, 1.82) is 0 Å². The third kappa shape index (κ3) is 4.83. The fourth-order valence-corrected chi connectivity index (χ4v) is 7.32. The van der Waals surface area contributed by atoms with Gasteiger partial charge in [0, 0.05) is 23.6 Å². The number of primary amides is 1. The van der Waals surface area contributed by atoms with Gasteiger partial charge in [-0.15, -0.1) is 0 Å². The molecule has 2 saturated carbocycles. The minimum Gasteiger partial charge on any atom is -0.507 e. The second kappa shape index (κ2) is 10.9. The fraction of sp³-hybridized carbons (Fsp3) is 0.485. The lowest BCUT2D eigenvalue weighted by Crippen LogP contribution is -2.74. The summed E-state index contributed by atoms with van der Waals surface area (Å²) in [6.07, 6.45) is 0.166. The van der Waals surface area contributed by atoms with Crippen molar-refractivity contribution < 1.29 is 38.9 Å². The largest absolute Gasteiger partial charge is 0.507 e. The number of carbonyl (C=O) groups is 5. The highest BCUT2D eigenvalue weighted by atomic mass is 16.5. The summed E-state index contributed by atoms with van der Waals surface area (Å²) in [6, 6.07) is 7.61. The molecule has 0 radical (unpaired) electrons. The molecule has 1 amide bonds. The van der Waals surface area contributed by atoms with Gasteiger partial charge in [-0.25, -0.2) is 0 Å². The molecule has 11 nitrogen and oxygen atoms in total. The Balaban J connectivity index is 1.61. The number of ether oxygens (including phenoxy) is 1. The number of hydrogen-bond donors (Lipinski definition) is 4. The van der Waals surface area contributed by atoms with Crippen molar-refractivity contribution >= 4 is 29.0 Å². The van der Waals surface area contributed by atoms with Crippen LogP contribution in [0, 0.1) is 23.7 Å². The average molecular weight is 606 g/mol. The maximum absolute atomic E-state index is 14.1. The van der Waals surface area contributed by atoms with E-state index in [-0.39, 0.29) is 29.7 Å². The number of phenolic OH excluding ortho intramolecular Hbond substituents is 1. The lowest BCUT2D eigenvalue weighted by atomic mass is 9.52. The number of nitrogens with two attached hydrogens (primary N) is 1. The van der Waals surface area contributed by atoms with Crippen LogP contribution in [-0.4, -0.2) is 82.5 Å². The van der Waals surface area contributed by atoms with Gasteiger partial charge in [-0.3, -0.25) is 28.9 Å². The molecular weight excluding hydrogens is 566 g/mol. The number of methoxy groups -OCH3 is 1. The fourth-order valence-electron chi connectivity index (χ4n) is 7.32. The number of fused-ring (bicyclic) bond motifs is 3. The minimum atomic E-state index is -2.75. The Morgan fingerprint density at radius 3 is 2.39 bits per heavy atom. The van der Waals surface area contributed by atoms with Crippen LogP contribution in [0.5, 0.6) is 11.5 Å². The van der Waals surface area contributed by atoms with Crippen molar-refractivity contribution in [3.8, 4) is 22.6 Å². The lowest BCUT2D eigenvalue weighted by molar-refractivity contribution is -0.181. The molecule has 2 fully saturated rings. The van der Waals surface area contributed by atoms with Gasteiger partial charge in [-0.05, 0) is 88.5 Å². The standard InChI is InChI=1S/C33H39N3O8/c1-32(2,3)35-14-17-11-15(7-10-22(17)44-6)18-8-9-21(37)24-19(18)12-16-13-20-26(36(4)5)28(39)25(31(34)42)30(41)33(20,43)29(40)23(16)27(24)38/h7-11,16,20,23,25-26,35,37,43H,12-14H2,1-6H3,(H2,34,42)/t16-,20-,23?,25?,26-,33-/m0/s1. The van der Waals surface area contributed by atoms with Gasteiger partial charge in [-0.1, -0.05) is 12.1 Å². The van der Waals surface area contributed by atoms with E-state index in [1.54, 1.807) is 27.3 Å². The summed E-state index contributed by atoms with van der Waals surface area (Å²) in [5, 5.41) is 26.1. The normalized spacial score (nSPS) is 28.4. The van der Waals surface area contributed by atoms with Crippen LogP contribution in [0.3, 0.4) is 0 Å². The molecule has 5 N–H and O–H groups in total. The van der Waals surface area contributed by atoms with E-state index in [2.05, 4.69) is 26.1 Å². The van der Waals surface area contributed by atoms with Gasteiger partial charge < -0.3 is 26.0 Å². The van der Waals surface area contributed by atoms with Crippen molar-refractivity contribution in [2.45, 2.75) is 57.3 Å². The molecule has 44 heavy (non-hydrogen) atoms. The first-order chi connectivity index (χ1) is 20.5. The molecule has 0 saturated heterocycles. The molecule has 0 spiro atoms. The third-order valence-corrected chi connectivity index (χ3v) is 9.35. The Morgan fingerprint density at radius 2 is 1.80 bits per heavy atom. The highest BCUT2D eigenvalue weighted by Crippen LogP contribution is 2.51. The maximum Gasteiger partial charge on any atom is 0.235 e. The molecule has 2 unspecified atom stereocenters. The predicted molar refractivity (Wildman–Crippen MR) is 160 cm³/mol. The molecule has 5 rings (SSSR count). The lowest BCUT2D eigenvalue weighted by Gasteiger charge is -2.52. The molecule has 2 aromatic carbocycles. The minimum absolute atomic E-state index is 0.0116. The molecule has 6 atom stereocenters. The van der Waals surface area contributed by atoms with E-state index in [1.165, 1.54) is 11.0 Å². The monoisotopic (exact) mass is 605 g/mol. The zero-order chi connectivity index (χ0) is 32.5. The van der Waals surface area contributed by atoms with E-state index in [0.717, 1.165) is 11.1 Å². The van der Waals surface area contributed by atoms with Crippen LogP contribution in [0.1, 0.15) is 48.7 Å². The molecule has 3 aliphatic carbocycles. The van der Waals surface area contributed by atoms with Gasteiger partial charge in [0.05, 0.1) is 24.6 Å². The number of Topliss-reactive ketones (excluding diaryl/α,β-unsaturated/α-hetero) is 4. The van der Waals surface area contributed by atoms with Gasteiger partial charge in [-0.2, -0.15) is 0 Å². The highest BCUT2D eigenvalue weighted by Gasteiger charge is 2.69. The summed E-state index contributed by atoms with van der Waals surface area (Å²) in [4.78, 5) is 68.5. The van der Waals surface area contributed by atoms with E-state index in [4.69, 9.17) is 10.5 Å². The van der Waals surface area contributed by atoms with Crippen molar-refractivity contribution in [1.82, 2.24) is 10.2 Å². The molecule has 11 heteroatoms. The van der Waals surface area contributed by atoms with Crippen LogP contribution >= 0.6 is 0 Å². The van der Waals surface area contributed by atoms with Crippen LogP contribution < -0.4 is 15.8 Å². The van der Waals surface area contributed by atoms with Crippen LogP contribution in [0.2, 0.25) is 0 Å². The number of hydrogen-bond acceptors (Lipinski definition) is 10. The number of aliphatic hydroxyl groups is 1. The smallest absolute Gasteiger partial charge is 0.235 e. The van der Waals surface area contributed by atoms with E-state index in [0.29, 0.717) is 23.4 Å². The average Bonchev–Trinajstić information content (AvgIpc) is 2.93. The SMILES string of the molecule is COc1ccc(-c2ccc(O)c3c2C[C@H]2C[C@H]4[C@H](N(C)C)C(=O)C(C(N)=O)C(=O)[C@@]4(O)C(=O)C2C3=O)cc1CNC(C)(C)C. The number of amides is 1. The second-order valence-electron chi connectivity index (χ2n) is 13.4. The summed E-state index contributed by atoms with van der Waals surface area (Å²) in [5.41, 5.74) is 5.32. The summed E-state index contributed by atoms with van der Waals surface area (Å²) in [6.45, 7) is 6.67. The topological polar surface area (TPSA) is 176 Å². The molecule has 234 valence electrons. The van der Waals surface area contributed by atoms with E-state index >= 15 is 0 Å². The number of rotatable bonds is 6. The molecule has 3 aliphatic rings. The summed E-state index contributed by atoms with van der Waals surface area (Å²) in [5.74, 6) is -10.0. The Morgan fingerprint density at radius 1 is 1.11 bits per heavy atom. The molecule has 0 bridgehead atoms. The first-order valence-corrected chi connectivity index (χ1v) is 14.6. The van der Waals surface area contributed by atoms with Crippen molar-refractivity contribution in [2.75, 3.05) is 21.2 Å². The zero-order valence-electron chi connectivity index (χ0n) is 25.8. The van der Waals surface area contributed by atoms with E-state index in [1.807, 2.05) is 18.2 Å². The van der Waals surface area contributed by atoms with Gasteiger partial charge in [0.15, 0.2) is 34.7 Å². The molecule has 0 aromatic heterocycles. The Kier molecular flexibility index (Phi) is 7.80. The molecule has 2 aromatic rings. The number of carbonyl (C=O) groups excluding carboxylic acids is 5. The van der Waals surface area contributed by atoms with Gasteiger partial charge in [0.2, 0.25) is 5.91 Å².